The molecule has 62 heavy (non-hydrogen) atoms. The van der Waals surface area contributed by atoms with Gasteiger partial charge < -0.3 is 5.11 Å². The third kappa shape index (κ3) is 8.36. The van der Waals surface area contributed by atoms with Crippen LogP contribution in [0.4, 0.5) is 0 Å². The van der Waals surface area contributed by atoms with Gasteiger partial charge in [-0.15, -0.1) is 0 Å². The Bertz CT molecular complexity index is 3330. The molecule has 8 aromatic rings. The number of hydrogen-bond acceptors (Lipinski definition) is 3. The molecule has 1 N–H and O–H groups in total. The van der Waals surface area contributed by atoms with Crippen molar-refractivity contribution in [3.8, 4) is 67.5 Å². The van der Waals surface area contributed by atoms with Gasteiger partial charge in [0.15, 0.2) is 0 Å². The number of rotatable bonds is 6. The Morgan fingerprint density at radius 1 is 0.516 bits per heavy atom. The molecule has 0 unspecified atom stereocenters. The van der Waals surface area contributed by atoms with Gasteiger partial charge in [-0.1, -0.05) is 174 Å². The summed E-state index contributed by atoms with van der Waals surface area (Å²) in [5, 5.41) is 12.4. The first kappa shape index (κ1) is 30.7. The highest BCUT2D eigenvalue weighted by Crippen LogP contribution is 2.45. The van der Waals surface area contributed by atoms with Crippen molar-refractivity contribution in [1.29, 1.82) is 0 Å². The molecule has 0 saturated carbocycles. The van der Waals surface area contributed by atoms with Gasteiger partial charge >= 0.3 is 0 Å². The molecule has 0 aliphatic rings. The summed E-state index contributed by atoms with van der Waals surface area (Å²) in [4.78, 5) is 9.96. The van der Waals surface area contributed by atoms with Gasteiger partial charge in [0.05, 0.1) is 25.0 Å². The van der Waals surface area contributed by atoms with Gasteiger partial charge in [0, 0.05) is 40.9 Å². The van der Waals surface area contributed by atoms with Crippen molar-refractivity contribution >= 4 is 11.0 Å². The Hall–Kier alpha value is -6.26. The lowest BCUT2D eigenvalue weighted by molar-refractivity contribution is 0.446. The molecule has 0 bridgehead atoms. The summed E-state index contributed by atoms with van der Waals surface area (Å²) in [6, 6.07) is 38.3. The molecule has 0 aliphatic carbocycles. The number of phenols is 1. The zero-order valence-corrected chi connectivity index (χ0v) is 37.0. The van der Waals surface area contributed by atoms with Crippen LogP contribution in [0.25, 0.3) is 72.7 Å². The van der Waals surface area contributed by atoms with E-state index in [2.05, 4.69) is 46.5 Å². The monoisotopic (exact) mass is 827 g/mol. The summed E-state index contributed by atoms with van der Waals surface area (Å²) in [6.07, 6.45) is 1.52. The lowest BCUT2D eigenvalue weighted by Crippen LogP contribution is -2.17. The topological polar surface area (TPSA) is 50.9 Å². The third-order valence-electron chi connectivity index (χ3n) is 11.5. The molecule has 6 aromatic carbocycles. The number of fused-ring (bicyclic) bond motifs is 1. The van der Waals surface area contributed by atoms with Crippen LogP contribution < -0.4 is 0 Å². The molecule has 0 atom stereocenters. The van der Waals surface area contributed by atoms with Crippen molar-refractivity contribution in [3.63, 3.8) is 0 Å². The third-order valence-corrected chi connectivity index (χ3v) is 11.5. The summed E-state index contributed by atoms with van der Waals surface area (Å²) >= 11 is 0. The average Bonchev–Trinajstić information content (AvgIpc) is 3.68. The normalized spacial score (nSPS) is 15.8. The van der Waals surface area contributed by atoms with Gasteiger partial charge in [0.2, 0.25) is 0 Å². The van der Waals surface area contributed by atoms with Gasteiger partial charge in [-0.25, -0.2) is 4.98 Å². The minimum absolute atomic E-state index is 0.0145. The standard InChI is InChI=1S/C58H61N3O/c1-55(2,3)43-25-21-39(22-26-43)40-29-30-59-50(34-40)42-31-41(32-44(33-42)56(4,5)6)47-19-16-20-51-52(47)60-54(48-35-45(57(7,8)9)36-49(53(48)62)58(10,11)12)61(51)46-27-23-38(24-28-46)37-17-14-13-15-18-37/h13-36,62H,1-12H3/i4D3,5D3,6D3,32D,33D. The van der Waals surface area contributed by atoms with E-state index in [4.69, 9.17) is 17.3 Å². The molecule has 8 rings (SSSR count). The van der Waals surface area contributed by atoms with Crippen LogP contribution in [0.15, 0.2) is 146 Å². The fourth-order valence-corrected chi connectivity index (χ4v) is 7.91. The van der Waals surface area contributed by atoms with Crippen molar-refractivity contribution in [3.05, 3.63) is 168 Å². The van der Waals surface area contributed by atoms with Crippen molar-refractivity contribution in [2.45, 2.75) is 105 Å². The van der Waals surface area contributed by atoms with Gasteiger partial charge in [-0.05, 0) is 115 Å². The van der Waals surface area contributed by atoms with Crippen LogP contribution in [0.1, 0.15) is 120 Å². The highest BCUT2D eigenvalue weighted by atomic mass is 16.3. The van der Waals surface area contributed by atoms with Gasteiger partial charge in [0.1, 0.15) is 11.6 Å². The van der Waals surface area contributed by atoms with E-state index in [9.17, 15) is 7.85 Å². The van der Waals surface area contributed by atoms with E-state index < -0.39 is 49.0 Å². The van der Waals surface area contributed by atoms with E-state index in [-0.39, 0.29) is 44.5 Å². The van der Waals surface area contributed by atoms with Crippen molar-refractivity contribution in [2.75, 3.05) is 0 Å². The Morgan fingerprint density at radius 3 is 1.79 bits per heavy atom. The second kappa shape index (κ2) is 15.6. The second-order valence-electron chi connectivity index (χ2n) is 19.4. The number of para-hydroxylation sites is 1. The number of aromatic nitrogens is 3. The van der Waals surface area contributed by atoms with Crippen LogP contribution >= 0.6 is 0 Å². The minimum Gasteiger partial charge on any atom is -0.507 e. The predicted octanol–water partition coefficient (Wildman–Crippen LogP) is 15.7. The number of imidazole rings is 1. The molecular weight excluding hydrogens is 755 g/mol. The molecule has 4 nitrogen and oxygen atoms in total. The van der Waals surface area contributed by atoms with Gasteiger partial charge in [0.25, 0.3) is 0 Å². The highest BCUT2D eigenvalue weighted by Gasteiger charge is 2.29. The maximum atomic E-state index is 12.4. The fraction of sp³-hybridized carbons (Fsp3) is 0.276. The van der Waals surface area contributed by atoms with E-state index >= 15 is 0 Å². The Labute approximate surface area is 384 Å². The summed E-state index contributed by atoms with van der Waals surface area (Å²) < 4.78 is 101. The number of benzene rings is 6. The molecule has 0 aliphatic heterocycles. The van der Waals surface area contributed by atoms with E-state index in [1.54, 1.807) is 24.3 Å². The van der Waals surface area contributed by atoms with Crippen LogP contribution in [-0.2, 0) is 21.7 Å². The van der Waals surface area contributed by atoms with Gasteiger partial charge in [-0.2, -0.15) is 0 Å². The summed E-state index contributed by atoms with van der Waals surface area (Å²) in [5.41, 5.74) is 2.52. The lowest BCUT2D eigenvalue weighted by atomic mass is 9.79. The first-order chi connectivity index (χ1) is 33.8. The Morgan fingerprint density at radius 2 is 1.15 bits per heavy atom. The van der Waals surface area contributed by atoms with E-state index in [0.29, 0.717) is 33.7 Å². The Kier molecular flexibility index (Phi) is 7.72. The van der Waals surface area contributed by atoms with E-state index in [1.165, 1.54) is 12.3 Å². The zero-order chi connectivity index (χ0) is 53.6. The molecule has 0 spiro atoms. The van der Waals surface area contributed by atoms with Crippen LogP contribution in [0.3, 0.4) is 0 Å². The minimum atomic E-state index is -3.79. The fourth-order valence-electron chi connectivity index (χ4n) is 7.91. The largest absolute Gasteiger partial charge is 0.507 e. The van der Waals surface area contributed by atoms with Crippen molar-refractivity contribution in [2.24, 2.45) is 0 Å². The average molecular weight is 827 g/mol. The second-order valence-corrected chi connectivity index (χ2v) is 19.4. The van der Waals surface area contributed by atoms with Crippen molar-refractivity contribution in [1.82, 2.24) is 14.5 Å². The number of aromatic hydroxyl groups is 1. The van der Waals surface area contributed by atoms with Crippen LogP contribution in [0.5, 0.6) is 5.75 Å². The number of hydrogen-bond donors (Lipinski definition) is 1. The summed E-state index contributed by atoms with van der Waals surface area (Å²) in [6.45, 7) is 7.29. The highest BCUT2D eigenvalue weighted by molar-refractivity contribution is 5.97. The molecule has 4 heteroatoms. The maximum Gasteiger partial charge on any atom is 0.149 e. The maximum absolute atomic E-state index is 12.4. The first-order valence-electron chi connectivity index (χ1n) is 26.6. The molecule has 0 saturated heterocycles. The summed E-state index contributed by atoms with van der Waals surface area (Å²) in [5.74, 6) is 0.349. The predicted molar refractivity (Wildman–Crippen MR) is 263 cm³/mol. The van der Waals surface area contributed by atoms with E-state index in [1.807, 2.05) is 122 Å². The van der Waals surface area contributed by atoms with Gasteiger partial charge in [-0.3, -0.25) is 9.55 Å². The number of nitrogens with zero attached hydrogens (tertiary/aromatic N) is 3. The first-order valence-corrected chi connectivity index (χ1v) is 21.1. The SMILES string of the molecule is [2H]c1c(-c2cc(-c3ccc(C(C)(C)C)cc3)ccn2)cc(-c2cccc3c2nc(-c2cc(C(C)(C)C)cc(C(C)(C)C)c2O)n3-c2ccc(-c3ccccc3)cc2)c([2H])c1C(C([2H])([2H])[2H])(C([2H])([2H])[2H])C([2H])([2H])[2H]. The lowest BCUT2D eigenvalue weighted by Gasteiger charge is -2.27. The number of phenolic OH excluding ortho intramolecular Hbond substituents is 1. The Balaban J connectivity index is 1.50. The van der Waals surface area contributed by atoms with Crippen LogP contribution in [0.2, 0.25) is 0 Å². The van der Waals surface area contributed by atoms with E-state index in [0.717, 1.165) is 27.8 Å². The molecule has 314 valence electrons. The van der Waals surface area contributed by atoms with Crippen LogP contribution in [-0.4, -0.2) is 19.6 Å². The molecule has 0 fully saturated rings. The molecular formula is C58H61N3O. The number of pyridine rings is 1. The zero-order valence-electron chi connectivity index (χ0n) is 48.0. The molecule has 0 radical (unpaired) electrons. The molecule has 0 amide bonds. The quantitative estimate of drug-likeness (QED) is 0.182. The van der Waals surface area contributed by atoms with Crippen LogP contribution in [0, 0.1) is 0 Å². The summed E-state index contributed by atoms with van der Waals surface area (Å²) in [7, 11) is 0. The smallest absolute Gasteiger partial charge is 0.149 e. The molecule has 2 heterocycles. The molecule has 2 aromatic heterocycles. The van der Waals surface area contributed by atoms with Crippen molar-refractivity contribution < 1.29 is 20.2 Å².